The number of hydrogen-bond acceptors (Lipinski definition) is 3. The van der Waals surface area contributed by atoms with Crippen molar-refractivity contribution >= 4 is 33.2 Å². The maximum atomic E-state index is 6.09. The number of nitrogens with one attached hydrogen (secondary N) is 1. The number of halogens is 2. The molecule has 0 aliphatic heterocycles. The minimum absolute atomic E-state index is 0.653. The van der Waals surface area contributed by atoms with Gasteiger partial charge in [0, 0.05) is 29.9 Å². The van der Waals surface area contributed by atoms with Crippen LogP contribution in [0.4, 0.5) is 5.69 Å². The van der Waals surface area contributed by atoms with Crippen LogP contribution in [0.1, 0.15) is 17.0 Å². The second kappa shape index (κ2) is 6.06. The molecule has 0 bridgehead atoms. The van der Waals surface area contributed by atoms with E-state index in [1.165, 1.54) is 5.56 Å². The molecule has 6 heteroatoms. The van der Waals surface area contributed by atoms with Crippen LogP contribution in [0.25, 0.3) is 0 Å². The number of methoxy groups -OCH3 is 1. The van der Waals surface area contributed by atoms with E-state index in [2.05, 4.69) is 33.3 Å². The van der Waals surface area contributed by atoms with Gasteiger partial charge < -0.3 is 10.1 Å². The van der Waals surface area contributed by atoms with Crippen LogP contribution in [0.5, 0.6) is 5.75 Å². The molecule has 0 aliphatic carbocycles. The van der Waals surface area contributed by atoms with Crippen molar-refractivity contribution in [1.29, 1.82) is 0 Å². The Morgan fingerprint density at radius 1 is 1.40 bits per heavy atom. The van der Waals surface area contributed by atoms with Gasteiger partial charge in [-0.05, 0) is 41.9 Å². The highest BCUT2D eigenvalue weighted by Gasteiger charge is 2.12. The third-order valence-corrected chi connectivity index (χ3v) is 4.13. The lowest BCUT2D eigenvalue weighted by molar-refractivity contribution is 0.414. The van der Waals surface area contributed by atoms with Gasteiger partial charge in [-0.25, -0.2) is 0 Å². The van der Waals surface area contributed by atoms with Crippen LogP contribution < -0.4 is 10.1 Å². The van der Waals surface area contributed by atoms with Crippen LogP contribution in [-0.2, 0) is 13.6 Å². The standard InChI is InChI=1S/C14H17BrClN3O/c1-8-11(9(2)19(3)18-8)7-17-13-6-10(16)5-12(15)14(13)20-4/h5-6,17H,7H2,1-4H3. The molecule has 1 heterocycles. The molecule has 1 N–H and O–H groups in total. The molecule has 0 radical (unpaired) electrons. The average Bonchev–Trinajstić information content (AvgIpc) is 2.61. The first-order valence-corrected chi connectivity index (χ1v) is 7.37. The summed E-state index contributed by atoms with van der Waals surface area (Å²) >= 11 is 9.54. The molecule has 0 aliphatic rings. The van der Waals surface area contributed by atoms with E-state index in [0.717, 1.165) is 27.3 Å². The number of benzene rings is 1. The Morgan fingerprint density at radius 2 is 2.10 bits per heavy atom. The molecule has 2 aromatic rings. The monoisotopic (exact) mass is 357 g/mol. The first-order valence-electron chi connectivity index (χ1n) is 6.20. The van der Waals surface area contributed by atoms with Crippen molar-refractivity contribution < 1.29 is 4.74 Å². The Hall–Kier alpha value is -1.20. The van der Waals surface area contributed by atoms with Gasteiger partial charge in [-0.2, -0.15) is 5.10 Å². The molecule has 0 unspecified atom stereocenters. The van der Waals surface area contributed by atoms with E-state index in [9.17, 15) is 0 Å². The largest absolute Gasteiger partial charge is 0.493 e. The Balaban J connectivity index is 2.27. The lowest BCUT2D eigenvalue weighted by atomic mass is 10.2. The Bertz CT molecular complexity index is 640. The number of anilines is 1. The van der Waals surface area contributed by atoms with Crippen molar-refractivity contribution in [2.45, 2.75) is 20.4 Å². The molecule has 0 saturated heterocycles. The van der Waals surface area contributed by atoms with E-state index in [1.807, 2.05) is 30.8 Å². The second-order valence-electron chi connectivity index (χ2n) is 4.59. The fourth-order valence-electron chi connectivity index (χ4n) is 2.16. The van der Waals surface area contributed by atoms with E-state index in [1.54, 1.807) is 7.11 Å². The van der Waals surface area contributed by atoms with Crippen molar-refractivity contribution in [1.82, 2.24) is 9.78 Å². The highest BCUT2D eigenvalue weighted by molar-refractivity contribution is 9.10. The Labute approximate surface area is 132 Å². The number of hydrogen-bond donors (Lipinski definition) is 1. The van der Waals surface area contributed by atoms with Crippen molar-refractivity contribution in [2.24, 2.45) is 7.05 Å². The van der Waals surface area contributed by atoms with E-state index in [-0.39, 0.29) is 0 Å². The number of aromatic nitrogens is 2. The molecule has 20 heavy (non-hydrogen) atoms. The first-order chi connectivity index (χ1) is 9.43. The number of rotatable bonds is 4. The third-order valence-electron chi connectivity index (χ3n) is 3.33. The van der Waals surface area contributed by atoms with Crippen LogP contribution in [-0.4, -0.2) is 16.9 Å². The second-order valence-corrected chi connectivity index (χ2v) is 5.89. The number of ether oxygens (including phenoxy) is 1. The molecular weight excluding hydrogens is 342 g/mol. The molecule has 4 nitrogen and oxygen atoms in total. The lowest BCUT2D eigenvalue weighted by Gasteiger charge is -2.13. The summed E-state index contributed by atoms with van der Waals surface area (Å²) in [5.41, 5.74) is 4.22. The molecule has 0 atom stereocenters. The third kappa shape index (κ3) is 2.94. The van der Waals surface area contributed by atoms with Gasteiger partial charge in [-0.3, -0.25) is 4.68 Å². The maximum Gasteiger partial charge on any atom is 0.156 e. The number of aryl methyl sites for hydroxylation is 2. The van der Waals surface area contributed by atoms with Crippen LogP contribution in [0.3, 0.4) is 0 Å². The van der Waals surface area contributed by atoms with Crippen LogP contribution in [0, 0.1) is 13.8 Å². The van der Waals surface area contributed by atoms with Crippen molar-refractivity contribution in [3.05, 3.63) is 38.6 Å². The van der Waals surface area contributed by atoms with Crippen molar-refractivity contribution in [3.63, 3.8) is 0 Å². The minimum Gasteiger partial charge on any atom is -0.493 e. The topological polar surface area (TPSA) is 39.1 Å². The summed E-state index contributed by atoms with van der Waals surface area (Å²) in [6.07, 6.45) is 0. The maximum absolute atomic E-state index is 6.09. The highest BCUT2D eigenvalue weighted by atomic mass is 79.9. The zero-order valence-corrected chi connectivity index (χ0v) is 14.3. The quantitative estimate of drug-likeness (QED) is 0.895. The SMILES string of the molecule is COc1c(Br)cc(Cl)cc1NCc1c(C)nn(C)c1C. The lowest BCUT2D eigenvalue weighted by Crippen LogP contribution is -2.04. The molecule has 0 amide bonds. The Morgan fingerprint density at radius 3 is 2.65 bits per heavy atom. The molecule has 1 aromatic heterocycles. The summed E-state index contributed by atoms with van der Waals surface area (Å²) in [7, 11) is 3.59. The summed E-state index contributed by atoms with van der Waals surface area (Å²) in [5, 5.41) is 8.43. The number of nitrogens with zero attached hydrogens (tertiary/aromatic N) is 2. The summed E-state index contributed by atoms with van der Waals surface area (Å²) in [4.78, 5) is 0. The molecule has 2 rings (SSSR count). The average molecular weight is 359 g/mol. The van der Waals surface area contributed by atoms with Crippen molar-refractivity contribution in [2.75, 3.05) is 12.4 Å². The van der Waals surface area contributed by atoms with E-state index in [0.29, 0.717) is 11.6 Å². The summed E-state index contributed by atoms with van der Waals surface area (Å²) < 4.78 is 8.11. The van der Waals surface area contributed by atoms with Gasteiger partial charge in [-0.1, -0.05) is 11.6 Å². The smallest absolute Gasteiger partial charge is 0.156 e. The van der Waals surface area contributed by atoms with Gasteiger partial charge in [0.15, 0.2) is 5.75 Å². The zero-order valence-electron chi connectivity index (χ0n) is 11.9. The fourth-order valence-corrected chi connectivity index (χ4v) is 3.13. The predicted octanol–water partition coefficient (Wildman–Crippen LogP) is 4.07. The van der Waals surface area contributed by atoms with Gasteiger partial charge >= 0.3 is 0 Å². The van der Waals surface area contributed by atoms with Crippen LogP contribution in [0.15, 0.2) is 16.6 Å². The van der Waals surface area contributed by atoms with Crippen molar-refractivity contribution in [3.8, 4) is 5.75 Å². The molecule has 1 aromatic carbocycles. The molecule has 0 spiro atoms. The molecule has 0 fully saturated rings. The van der Waals surface area contributed by atoms with Gasteiger partial charge in [-0.15, -0.1) is 0 Å². The summed E-state index contributed by atoms with van der Waals surface area (Å²) in [6.45, 7) is 4.74. The van der Waals surface area contributed by atoms with Gasteiger partial charge in [0.25, 0.3) is 0 Å². The fraction of sp³-hybridized carbons (Fsp3) is 0.357. The molecule has 0 saturated carbocycles. The van der Waals surface area contributed by atoms with E-state index < -0.39 is 0 Å². The molecular formula is C14H17BrClN3O. The Kier molecular flexibility index (Phi) is 4.60. The zero-order chi connectivity index (χ0) is 14.9. The highest BCUT2D eigenvalue weighted by Crippen LogP contribution is 2.36. The van der Waals surface area contributed by atoms with Gasteiger partial charge in [0.2, 0.25) is 0 Å². The van der Waals surface area contributed by atoms with E-state index in [4.69, 9.17) is 16.3 Å². The normalized spacial score (nSPS) is 10.7. The minimum atomic E-state index is 0.653. The van der Waals surface area contributed by atoms with Gasteiger partial charge in [0.1, 0.15) is 0 Å². The predicted molar refractivity (Wildman–Crippen MR) is 85.7 cm³/mol. The summed E-state index contributed by atoms with van der Waals surface area (Å²) in [6, 6.07) is 3.67. The van der Waals surface area contributed by atoms with E-state index >= 15 is 0 Å². The van der Waals surface area contributed by atoms with Gasteiger partial charge in [0.05, 0.1) is 23.0 Å². The first kappa shape index (κ1) is 15.2. The van der Waals surface area contributed by atoms with Crippen LogP contribution >= 0.6 is 27.5 Å². The van der Waals surface area contributed by atoms with Crippen LogP contribution in [0.2, 0.25) is 5.02 Å². The summed E-state index contributed by atoms with van der Waals surface area (Å²) in [5.74, 6) is 0.744. The molecule has 108 valence electrons.